The van der Waals surface area contributed by atoms with Crippen molar-refractivity contribution in [1.29, 1.82) is 0 Å². The van der Waals surface area contributed by atoms with E-state index < -0.39 is 0 Å². The highest BCUT2D eigenvalue weighted by Gasteiger charge is 2.20. The third kappa shape index (κ3) is 5.11. The summed E-state index contributed by atoms with van der Waals surface area (Å²) < 4.78 is 42.0. The van der Waals surface area contributed by atoms with Gasteiger partial charge in [-0.1, -0.05) is 140 Å². The molecule has 2 heterocycles. The molecule has 0 atom stereocenters. The third-order valence-corrected chi connectivity index (χ3v) is 11.8. The van der Waals surface area contributed by atoms with Gasteiger partial charge in [-0.05, 0) is 92.0 Å². The zero-order chi connectivity index (χ0) is 39.2. The number of nitrogens with zero attached hydrogens (tertiary/aromatic N) is 1. The number of para-hydroxylation sites is 4. The zero-order valence-corrected chi connectivity index (χ0v) is 31.4. The number of furan rings is 2. The van der Waals surface area contributed by atoms with Crippen LogP contribution in [0.15, 0.2) is 197 Å². The molecule has 3 nitrogen and oxygen atoms in total. The molecule has 59 heavy (non-hydrogen) atoms. The normalized spacial score (nSPS) is 11.9. The van der Waals surface area contributed by atoms with Crippen molar-refractivity contribution in [3.8, 4) is 22.3 Å². The predicted octanol–water partition coefficient (Wildman–Crippen LogP) is 16.0. The summed E-state index contributed by atoms with van der Waals surface area (Å²) in [6.07, 6.45) is 0. The van der Waals surface area contributed by atoms with E-state index in [1.807, 2.05) is 48.5 Å². The van der Waals surface area contributed by atoms with Crippen LogP contribution < -0.4 is 4.90 Å². The Labute approximate surface area is 336 Å². The Hall–Kier alpha value is -7.76. The summed E-state index contributed by atoms with van der Waals surface area (Å²) in [4.78, 5) is 2.27. The maximum Gasteiger partial charge on any atom is 0.171 e. The minimum Gasteiger partial charge on any atom is -0.452 e. The summed E-state index contributed by atoms with van der Waals surface area (Å²) in [5, 5.41) is 10.5. The third-order valence-electron chi connectivity index (χ3n) is 11.8. The Bertz CT molecular complexity index is 3440. The molecule has 2 aromatic heterocycles. The number of halogens is 2. The summed E-state index contributed by atoms with van der Waals surface area (Å²) in [6.45, 7) is 0. The van der Waals surface area contributed by atoms with Gasteiger partial charge in [-0.2, -0.15) is 0 Å². The SMILES string of the molecule is Fc1cccc2c1oc1c(-c3ccc(N(c4ccc(-c5cccc6c5oc5c(F)cccc56)cc4)c4ccc5c6ccccc6c6ccccc6c5c4)cc3)cccc12. The lowest BCUT2D eigenvalue weighted by molar-refractivity contribution is 0.584. The van der Waals surface area contributed by atoms with Crippen LogP contribution in [-0.4, -0.2) is 0 Å². The fourth-order valence-corrected chi connectivity index (χ4v) is 9.09. The Kier molecular flexibility index (Phi) is 7.29. The Morgan fingerprint density at radius 3 is 1.10 bits per heavy atom. The molecule has 12 rings (SSSR count). The van der Waals surface area contributed by atoms with Crippen molar-refractivity contribution in [3.05, 3.63) is 200 Å². The quantitative estimate of drug-likeness (QED) is 0.164. The summed E-state index contributed by atoms with van der Waals surface area (Å²) in [7, 11) is 0. The van der Waals surface area contributed by atoms with Gasteiger partial charge in [0.25, 0.3) is 0 Å². The number of hydrogen-bond acceptors (Lipinski definition) is 3. The first-order valence-electron chi connectivity index (χ1n) is 19.6. The molecule has 0 aliphatic carbocycles. The van der Waals surface area contributed by atoms with Gasteiger partial charge in [0, 0.05) is 49.7 Å². The smallest absolute Gasteiger partial charge is 0.171 e. The standard InChI is InChI=1S/C54H31F2NO2/c55-49-19-7-17-46-44-15-5-13-37(51(44)58-53(46)49)32-21-25-34(26-22-32)57(36-29-30-43-41-11-2-1-9-39(41)40-10-3-4-12-42(40)48(43)31-36)35-27-23-33(24-28-35)38-14-6-16-45-47-18-8-20-50(56)54(47)59-52(38)45/h1-31H. The molecule has 0 bridgehead atoms. The second-order valence-electron chi connectivity index (χ2n) is 15.1. The summed E-state index contributed by atoms with van der Waals surface area (Å²) in [5.41, 5.74) is 8.47. The lowest BCUT2D eigenvalue weighted by Crippen LogP contribution is -2.10. The zero-order valence-electron chi connectivity index (χ0n) is 31.4. The summed E-state index contributed by atoms with van der Waals surface area (Å²) >= 11 is 0. The predicted molar refractivity (Wildman–Crippen MR) is 239 cm³/mol. The van der Waals surface area contributed by atoms with Gasteiger partial charge in [-0.3, -0.25) is 0 Å². The number of benzene rings is 10. The molecule has 278 valence electrons. The van der Waals surface area contributed by atoms with Crippen LogP contribution in [0.25, 0.3) is 98.4 Å². The maximum absolute atomic E-state index is 14.8. The number of hydrogen-bond donors (Lipinski definition) is 0. The fraction of sp³-hybridized carbons (Fsp3) is 0. The molecule has 5 heteroatoms. The molecule has 0 aliphatic rings. The van der Waals surface area contributed by atoms with Crippen molar-refractivity contribution in [2.45, 2.75) is 0 Å². The Morgan fingerprint density at radius 1 is 0.288 bits per heavy atom. The van der Waals surface area contributed by atoms with Gasteiger partial charge in [0.2, 0.25) is 0 Å². The second kappa shape index (κ2) is 12.9. The Balaban J connectivity index is 1.02. The first-order chi connectivity index (χ1) is 29.1. The summed E-state index contributed by atoms with van der Waals surface area (Å²) in [5.74, 6) is -0.748. The molecular formula is C54H31F2NO2. The lowest BCUT2D eigenvalue weighted by Gasteiger charge is -2.26. The minimum absolute atomic E-state index is 0.265. The number of fused-ring (bicyclic) bond motifs is 12. The average molecular weight is 764 g/mol. The van der Waals surface area contributed by atoms with Crippen molar-refractivity contribution in [1.82, 2.24) is 0 Å². The van der Waals surface area contributed by atoms with E-state index in [-0.39, 0.29) is 22.8 Å². The van der Waals surface area contributed by atoms with Crippen LogP contribution in [0, 0.1) is 11.6 Å². The van der Waals surface area contributed by atoms with Gasteiger partial charge in [0.15, 0.2) is 22.8 Å². The highest BCUT2D eigenvalue weighted by Crippen LogP contribution is 2.44. The molecule has 0 fully saturated rings. The molecule has 0 radical (unpaired) electrons. The van der Waals surface area contributed by atoms with Gasteiger partial charge in [-0.15, -0.1) is 0 Å². The van der Waals surface area contributed by atoms with E-state index in [9.17, 15) is 8.78 Å². The van der Waals surface area contributed by atoms with Crippen molar-refractivity contribution >= 4 is 93.3 Å². The van der Waals surface area contributed by atoms with Crippen LogP contribution in [-0.2, 0) is 0 Å². The van der Waals surface area contributed by atoms with Crippen LogP contribution >= 0.6 is 0 Å². The molecule has 0 N–H and O–H groups in total. The van der Waals surface area contributed by atoms with Crippen molar-refractivity contribution in [2.24, 2.45) is 0 Å². The van der Waals surface area contributed by atoms with Crippen LogP contribution in [0.5, 0.6) is 0 Å². The van der Waals surface area contributed by atoms with E-state index >= 15 is 0 Å². The molecule has 12 aromatic rings. The van der Waals surface area contributed by atoms with E-state index in [1.54, 1.807) is 12.1 Å². The van der Waals surface area contributed by atoms with Gasteiger partial charge < -0.3 is 13.7 Å². The second-order valence-corrected chi connectivity index (χ2v) is 15.1. The van der Waals surface area contributed by atoms with E-state index in [0.29, 0.717) is 11.2 Å². The molecule has 10 aromatic carbocycles. The van der Waals surface area contributed by atoms with Crippen LogP contribution in [0.3, 0.4) is 0 Å². The largest absolute Gasteiger partial charge is 0.452 e. The van der Waals surface area contributed by atoms with Crippen molar-refractivity contribution in [2.75, 3.05) is 4.90 Å². The molecule has 0 unspecified atom stereocenters. The Morgan fingerprint density at radius 2 is 0.644 bits per heavy atom. The molecule has 0 saturated carbocycles. The molecule has 0 spiro atoms. The highest BCUT2D eigenvalue weighted by molar-refractivity contribution is 6.26. The van der Waals surface area contributed by atoms with Crippen molar-refractivity contribution < 1.29 is 17.6 Å². The minimum atomic E-state index is -0.374. The highest BCUT2D eigenvalue weighted by atomic mass is 19.1. The summed E-state index contributed by atoms with van der Waals surface area (Å²) in [6, 6.07) is 62.9. The van der Waals surface area contributed by atoms with E-state index in [4.69, 9.17) is 8.83 Å². The van der Waals surface area contributed by atoms with Gasteiger partial charge >= 0.3 is 0 Å². The lowest BCUT2D eigenvalue weighted by atomic mass is 9.94. The van der Waals surface area contributed by atoms with Crippen LogP contribution in [0.2, 0.25) is 0 Å². The average Bonchev–Trinajstić information content (AvgIpc) is 3.88. The van der Waals surface area contributed by atoms with Crippen LogP contribution in [0.1, 0.15) is 0 Å². The fourth-order valence-electron chi connectivity index (χ4n) is 9.09. The van der Waals surface area contributed by atoms with E-state index in [2.05, 4.69) is 120 Å². The topological polar surface area (TPSA) is 29.5 Å². The molecular weight excluding hydrogens is 733 g/mol. The van der Waals surface area contributed by atoms with Gasteiger partial charge in [0.1, 0.15) is 11.2 Å². The van der Waals surface area contributed by atoms with Crippen molar-refractivity contribution in [3.63, 3.8) is 0 Å². The molecule has 0 aliphatic heterocycles. The maximum atomic E-state index is 14.8. The van der Waals surface area contributed by atoms with Crippen LogP contribution in [0.4, 0.5) is 25.8 Å². The molecule has 0 amide bonds. The van der Waals surface area contributed by atoms with Gasteiger partial charge in [0.05, 0.1) is 0 Å². The first-order valence-corrected chi connectivity index (χ1v) is 19.6. The monoisotopic (exact) mass is 763 g/mol. The van der Waals surface area contributed by atoms with E-state index in [1.165, 1.54) is 44.5 Å². The number of anilines is 3. The van der Waals surface area contributed by atoms with E-state index in [0.717, 1.165) is 60.9 Å². The number of rotatable bonds is 5. The molecule has 0 saturated heterocycles. The first kappa shape index (κ1) is 33.4. The van der Waals surface area contributed by atoms with Gasteiger partial charge in [-0.25, -0.2) is 8.78 Å².